The van der Waals surface area contributed by atoms with E-state index in [1.807, 2.05) is 0 Å². The molecule has 18 heavy (non-hydrogen) atoms. The Morgan fingerprint density at radius 3 is 2.17 bits per heavy atom. The molecule has 1 aliphatic heterocycles. The van der Waals surface area contributed by atoms with Crippen LogP contribution in [0.15, 0.2) is 0 Å². The lowest BCUT2D eigenvalue weighted by Crippen LogP contribution is -2.50. The van der Waals surface area contributed by atoms with Gasteiger partial charge in [-0.1, -0.05) is 32.6 Å². The molecule has 1 rings (SSSR count). The molecule has 0 bridgehead atoms. The fourth-order valence-electron chi connectivity index (χ4n) is 2.53. The Hall–Kier alpha value is -0.570. The van der Waals surface area contributed by atoms with E-state index in [0.29, 0.717) is 11.9 Å². The van der Waals surface area contributed by atoms with Gasteiger partial charge in [-0.15, -0.1) is 0 Å². The molecule has 1 aliphatic rings. The second kappa shape index (κ2) is 8.52. The topological polar surface area (TPSA) is 23.6 Å². The molecular formula is C15H30N2O. The zero-order valence-electron chi connectivity index (χ0n) is 12.5. The Labute approximate surface area is 113 Å². The molecular weight excluding hydrogens is 224 g/mol. The van der Waals surface area contributed by atoms with Gasteiger partial charge in [0.15, 0.2) is 0 Å². The summed E-state index contributed by atoms with van der Waals surface area (Å²) < 4.78 is 0. The number of hydrogen-bond acceptors (Lipinski definition) is 2. The third-order valence-electron chi connectivity index (χ3n) is 3.89. The van der Waals surface area contributed by atoms with Crippen molar-refractivity contribution < 1.29 is 4.79 Å². The molecule has 106 valence electrons. The first-order chi connectivity index (χ1) is 8.65. The van der Waals surface area contributed by atoms with Crippen LogP contribution in [-0.4, -0.2) is 47.9 Å². The van der Waals surface area contributed by atoms with Gasteiger partial charge in [-0.05, 0) is 20.3 Å². The second-order valence-corrected chi connectivity index (χ2v) is 5.67. The van der Waals surface area contributed by atoms with Crippen LogP contribution >= 0.6 is 0 Å². The lowest BCUT2D eigenvalue weighted by molar-refractivity contribution is -0.133. The zero-order chi connectivity index (χ0) is 13.4. The minimum absolute atomic E-state index is 0.370. The molecule has 0 N–H and O–H groups in total. The molecule has 1 heterocycles. The standard InChI is InChI=1S/C15H30N2O/c1-4-5-6-7-8-9-15(18)17-12-10-16(11-13-17)14(2)3/h14H,4-13H2,1-3H3. The summed E-state index contributed by atoms with van der Waals surface area (Å²) in [6, 6.07) is 0.608. The lowest BCUT2D eigenvalue weighted by atomic mass is 10.1. The van der Waals surface area contributed by atoms with Crippen LogP contribution in [0, 0.1) is 0 Å². The predicted octanol–water partition coefficient (Wildman–Crippen LogP) is 2.90. The maximum absolute atomic E-state index is 12.0. The third-order valence-corrected chi connectivity index (χ3v) is 3.89. The normalized spacial score (nSPS) is 17.4. The van der Waals surface area contributed by atoms with Gasteiger partial charge in [-0.3, -0.25) is 9.69 Å². The lowest BCUT2D eigenvalue weighted by Gasteiger charge is -2.37. The van der Waals surface area contributed by atoms with Crippen LogP contribution in [0.1, 0.15) is 59.3 Å². The number of nitrogens with zero attached hydrogens (tertiary/aromatic N) is 2. The Morgan fingerprint density at radius 1 is 1.00 bits per heavy atom. The predicted molar refractivity (Wildman–Crippen MR) is 76.7 cm³/mol. The summed E-state index contributed by atoms with van der Waals surface area (Å²) in [6.07, 6.45) is 6.90. The maximum Gasteiger partial charge on any atom is 0.222 e. The molecule has 0 aromatic carbocycles. The van der Waals surface area contributed by atoms with E-state index in [0.717, 1.165) is 39.0 Å². The fourth-order valence-corrected chi connectivity index (χ4v) is 2.53. The minimum atomic E-state index is 0.370. The summed E-state index contributed by atoms with van der Waals surface area (Å²) in [5, 5.41) is 0. The van der Waals surface area contributed by atoms with Gasteiger partial charge < -0.3 is 4.90 Å². The monoisotopic (exact) mass is 254 g/mol. The first kappa shape index (κ1) is 15.5. The van der Waals surface area contributed by atoms with Crippen LogP contribution in [0.2, 0.25) is 0 Å². The SMILES string of the molecule is CCCCCCCC(=O)N1CCN(C(C)C)CC1. The molecule has 0 atom stereocenters. The van der Waals surface area contributed by atoms with E-state index in [-0.39, 0.29) is 0 Å². The quantitative estimate of drug-likeness (QED) is 0.652. The summed E-state index contributed by atoms with van der Waals surface area (Å²) in [5.74, 6) is 0.370. The summed E-state index contributed by atoms with van der Waals surface area (Å²) >= 11 is 0. The van der Waals surface area contributed by atoms with Crippen molar-refractivity contribution in [3.05, 3.63) is 0 Å². The zero-order valence-corrected chi connectivity index (χ0v) is 12.5. The van der Waals surface area contributed by atoms with Gasteiger partial charge >= 0.3 is 0 Å². The molecule has 3 nitrogen and oxygen atoms in total. The van der Waals surface area contributed by atoms with Crippen molar-refractivity contribution in [3.63, 3.8) is 0 Å². The number of rotatable bonds is 7. The van der Waals surface area contributed by atoms with Crippen molar-refractivity contribution in [2.45, 2.75) is 65.3 Å². The number of unbranched alkanes of at least 4 members (excludes halogenated alkanes) is 4. The van der Waals surface area contributed by atoms with Gasteiger partial charge in [0.2, 0.25) is 5.91 Å². The maximum atomic E-state index is 12.0. The number of carbonyl (C=O) groups excluding carboxylic acids is 1. The van der Waals surface area contributed by atoms with E-state index < -0.39 is 0 Å². The van der Waals surface area contributed by atoms with Crippen LogP contribution < -0.4 is 0 Å². The number of piperazine rings is 1. The molecule has 0 saturated carbocycles. The molecule has 1 saturated heterocycles. The van der Waals surface area contributed by atoms with E-state index in [9.17, 15) is 4.79 Å². The molecule has 0 radical (unpaired) electrons. The number of hydrogen-bond donors (Lipinski definition) is 0. The average molecular weight is 254 g/mol. The highest BCUT2D eigenvalue weighted by atomic mass is 16.2. The van der Waals surface area contributed by atoms with Crippen molar-refractivity contribution in [3.8, 4) is 0 Å². The summed E-state index contributed by atoms with van der Waals surface area (Å²) in [4.78, 5) is 16.5. The third kappa shape index (κ3) is 5.38. The largest absolute Gasteiger partial charge is 0.340 e. The highest BCUT2D eigenvalue weighted by Gasteiger charge is 2.21. The van der Waals surface area contributed by atoms with Crippen molar-refractivity contribution >= 4 is 5.91 Å². The van der Waals surface area contributed by atoms with Gasteiger partial charge in [0.05, 0.1) is 0 Å². The van der Waals surface area contributed by atoms with E-state index in [1.165, 1.54) is 25.7 Å². The molecule has 1 fully saturated rings. The molecule has 0 spiro atoms. The smallest absolute Gasteiger partial charge is 0.222 e. The molecule has 0 unspecified atom stereocenters. The van der Waals surface area contributed by atoms with Crippen molar-refractivity contribution in [1.82, 2.24) is 9.80 Å². The van der Waals surface area contributed by atoms with Gasteiger partial charge in [0, 0.05) is 38.6 Å². The summed E-state index contributed by atoms with van der Waals surface area (Å²) in [5.41, 5.74) is 0. The Balaban J connectivity index is 2.12. The molecule has 1 amide bonds. The van der Waals surface area contributed by atoms with Crippen molar-refractivity contribution in [2.75, 3.05) is 26.2 Å². The first-order valence-electron chi connectivity index (χ1n) is 7.67. The summed E-state index contributed by atoms with van der Waals surface area (Å²) in [7, 11) is 0. The van der Waals surface area contributed by atoms with Gasteiger partial charge in [-0.2, -0.15) is 0 Å². The van der Waals surface area contributed by atoms with Gasteiger partial charge in [0.1, 0.15) is 0 Å². The highest BCUT2D eigenvalue weighted by Crippen LogP contribution is 2.10. The van der Waals surface area contributed by atoms with Crippen molar-refractivity contribution in [2.24, 2.45) is 0 Å². The second-order valence-electron chi connectivity index (χ2n) is 5.67. The number of amides is 1. The first-order valence-corrected chi connectivity index (χ1v) is 7.67. The van der Waals surface area contributed by atoms with Crippen LogP contribution in [0.3, 0.4) is 0 Å². The Bertz CT molecular complexity index is 233. The van der Waals surface area contributed by atoms with Crippen molar-refractivity contribution in [1.29, 1.82) is 0 Å². The van der Waals surface area contributed by atoms with E-state index in [4.69, 9.17) is 0 Å². The molecule has 0 aromatic heterocycles. The van der Waals surface area contributed by atoms with Crippen LogP contribution in [0.25, 0.3) is 0 Å². The number of carbonyl (C=O) groups is 1. The Kier molecular flexibility index (Phi) is 7.33. The van der Waals surface area contributed by atoms with E-state index in [2.05, 4.69) is 30.6 Å². The van der Waals surface area contributed by atoms with Crippen LogP contribution in [-0.2, 0) is 4.79 Å². The van der Waals surface area contributed by atoms with E-state index >= 15 is 0 Å². The molecule has 0 aromatic rings. The molecule has 0 aliphatic carbocycles. The average Bonchev–Trinajstić information content (AvgIpc) is 2.38. The minimum Gasteiger partial charge on any atom is -0.340 e. The molecule has 3 heteroatoms. The van der Waals surface area contributed by atoms with E-state index in [1.54, 1.807) is 0 Å². The fraction of sp³-hybridized carbons (Fsp3) is 0.933. The Morgan fingerprint density at radius 2 is 1.61 bits per heavy atom. The van der Waals surface area contributed by atoms with Gasteiger partial charge in [-0.25, -0.2) is 0 Å². The van der Waals surface area contributed by atoms with Gasteiger partial charge in [0.25, 0.3) is 0 Å². The summed E-state index contributed by atoms with van der Waals surface area (Å²) in [6.45, 7) is 10.6. The van der Waals surface area contributed by atoms with Crippen LogP contribution in [0.5, 0.6) is 0 Å². The highest BCUT2D eigenvalue weighted by molar-refractivity contribution is 5.76. The van der Waals surface area contributed by atoms with Crippen LogP contribution in [0.4, 0.5) is 0 Å².